The number of hydrogen-bond acceptors (Lipinski definition) is 15. The number of esters is 4. The number of rotatable bonds is 78. The predicted octanol–water partition coefficient (Wildman–Crippen LogP) is 24.0. The molecule has 5 atom stereocenters. The summed E-state index contributed by atoms with van der Waals surface area (Å²) in [7, 11) is -9.92. The summed E-state index contributed by atoms with van der Waals surface area (Å²) in [6.45, 7) is 14.2. The molecule has 0 heterocycles. The van der Waals surface area contributed by atoms with Gasteiger partial charge in [-0.1, -0.05) is 364 Å². The molecule has 0 aliphatic carbocycles. The second-order valence-electron chi connectivity index (χ2n) is 31.1. The molecule has 0 aliphatic rings. The molecule has 19 heteroatoms. The lowest BCUT2D eigenvalue weighted by Gasteiger charge is -2.21. The van der Waals surface area contributed by atoms with Crippen molar-refractivity contribution in [2.24, 2.45) is 23.7 Å². The summed E-state index contributed by atoms with van der Waals surface area (Å²) < 4.78 is 68.7. The number of carbonyl (C=O) groups excluding carboxylic acids is 4. The third-order valence-electron chi connectivity index (χ3n) is 18.8. The summed E-state index contributed by atoms with van der Waals surface area (Å²) in [6, 6.07) is 0. The number of phosphoric acid groups is 2. The van der Waals surface area contributed by atoms with E-state index in [4.69, 9.17) is 37.0 Å². The normalized spacial score (nSPS) is 14.0. The van der Waals surface area contributed by atoms with Crippen molar-refractivity contribution in [2.45, 2.75) is 433 Å². The molecule has 0 amide bonds. The van der Waals surface area contributed by atoms with Gasteiger partial charge in [0.15, 0.2) is 12.2 Å². The average molecular weight is 1470 g/mol. The van der Waals surface area contributed by atoms with Crippen LogP contribution in [0.15, 0.2) is 0 Å². The summed E-state index contributed by atoms with van der Waals surface area (Å²) >= 11 is 0. The Morgan fingerprint density at radius 2 is 0.420 bits per heavy atom. The first-order chi connectivity index (χ1) is 48.1. The lowest BCUT2D eigenvalue weighted by molar-refractivity contribution is -0.161. The van der Waals surface area contributed by atoms with Crippen molar-refractivity contribution in [2.75, 3.05) is 39.6 Å². The maximum atomic E-state index is 13.1. The molecule has 0 bridgehead atoms. The van der Waals surface area contributed by atoms with Gasteiger partial charge >= 0.3 is 39.5 Å². The molecular formula is C81H158O17P2. The van der Waals surface area contributed by atoms with E-state index in [-0.39, 0.29) is 25.7 Å². The van der Waals surface area contributed by atoms with E-state index in [0.29, 0.717) is 31.6 Å². The van der Waals surface area contributed by atoms with Crippen molar-refractivity contribution >= 4 is 39.5 Å². The molecule has 0 fully saturated rings. The molecule has 594 valence electrons. The van der Waals surface area contributed by atoms with Crippen LogP contribution in [0, 0.1) is 23.7 Å². The third kappa shape index (κ3) is 74.3. The van der Waals surface area contributed by atoms with Crippen LogP contribution in [0.25, 0.3) is 0 Å². The molecule has 3 N–H and O–H groups in total. The van der Waals surface area contributed by atoms with E-state index in [0.717, 1.165) is 114 Å². The van der Waals surface area contributed by atoms with E-state index >= 15 is 0 Å². The van der Waals surface area contributed by atoms with Crippen LogP contribution < -0.4 is 0 Å². The summed E-state index contributed by atoms with van der Waals surface area (Å²) in [4.78, 5) is 73.0. The van der Waals surface area contributed by atoms with Gasteiger partial charge < -0.3 is 33.8 Å². The quantitative estimate of drug-likeness (QED) is 0.0222. The molecule has 0 saturated carbocycles. The fourth-order valence-electron chi connectivity index (χ4n) is 12.4. The molecule has 0 aromatic heterocycles. The van der Waals surface area contributed by atoms with Crippen LogP contribution in [0.1, 0.15) is 415 Å². The van der Waals surface area contributed by atoms with Crippen molar-refractivity contribution in [1.29, 1.82) is 0 Å². The average Bonchev–Trinajstić information content (AvgIpc) is 0.970. The Labute approximate surface area is 613 Å². The standard InChI is InChI=1S/C81H158O17P2/c1-71(2)57-49-41-33-27-21-16-13-11-9-10-12-14-18-25-31-37-47-55-63-80(85)98-77(68-92-79(84)62-54-46-40-39-44-52-60-74(7)8)70-96-100(89,90)94-66-75(82)65-93-99(87,88)95-69-76(97-81(86)64-56-48-38-32-26-20-23-29-35-43-51-59-73(5)6)67-91-78(83)61-53-45-36-30-24-19-15-17-22-28-34-42-50-58-72(3)4/h71-77,82H,9-70H2,1-8H3,(H,87,88)(H,89,90)/t75?,76-,77-/m1/s1. The highest BCUT2D eigenvalue weighted by Crippen LogP contribution is 2.45. The number of unbranched alkanes of at least 4 members (excludes halogenated alkanes) is 44. The van der Waals surface area contributed by atoms with Crippen LogP contribution in [-0.4, -0.2) is 96.7 Å². The number of ether oxygens (including phenoxy) is 4. The Kier molecular flexibility index (Phi) is 68.7. The molecule has 0 rings (SSSR count). The summed E-state index contributed by atoms with van der Waals surface area (Å²) in [5.41, 5.74) is 0. The molecule has 0 radical (unpaired) electrons. The van der Waals surface area contributed by atoms with Gasteiger partial charge in [-0.25, -0.2) is 9.13 Å². The van der Waals surface area contributed by atoms with E-state index in [9.17, 15) is 43.2 Å². The maximum Gasteiger partial charge on any atom is 0.472 e. The van der Waals surface area contributed by atoms with Gasteiger partial charge in [0.1, 0.15) is 19.3 Å². The van der Waals surface area contributed by atoms with Crippen molar-refractivity contribution in [3.63, 3.8) is 0 Å². The first-order valence-corrected chi connectivity index (χ1v) is 44.7. The highest BCUT2D eigenvalue weighted by molar-refractivity contribution is 7.47. The van der Waals surface area contributed by atoms with Gasteiger partial charge in [-0.2, -0.15) is 0 Å². The van der Waals surface area contributed by atoms with Gasteiger partial charge in [0.05, 0.1) is 26.4 Å². The molecule has 100 heavy (non-hydrogen) atoms. The molecule has 3 unspecified atom stereocenters. The van der Waals surface area contributed by atoms with E-state index < -0.39 is 97.5 Å². The lowest BCUT2D eigenvalue weighted by atomic mass is 10.0. The number of phosphoric ester groups is 2. The van der Waals surface area contributed by atoms with E-state index in [1.807, 2.05) is 0 Å². The van der Waals surface area contributed by atoms with Crippen LogP contribution in [0.2, 0.25) is 0 Å². The first-order valence-electron chi connectivity index (χ1n) is 41.7. The van der Waals surface area contributed by atoms with Crippen molar-refractivity contribution in [3.05, 3.63) is 0 Å². The van der Waals surface area contributed by atoms with Gasteiger partial charge in [0, 0.05) is 25.7 Å². The summed E-state index contributed by atoms with van der Waals surface area (Å²) in [6.07, 6.45) is 57.1. The van der Waals surface area contributed by atoms with E-state index in [2.05, 4.69) is 55.4 Å². The number of aliphatic hydroxyl groups excluding tert-OH is 1. The SMILES string of the molecule is CC(C)CCCCCCCCCCCCCCCCCCCCC(=O)O[C@H](COC(=O)CCCCCCCCC(C)C)COP(=O)(O)OCC(O)COP(=O)(O)OC[C@@H](COC(=O)CCCCCCCCCCCCCCCC(C)C)OC(=O)CCCCCCCCCCCCCC(C)C. The summed E-state index contributed by atoms with van der Waals surface area (Å²) in [5, 5.41) is 10.6. The Morgan fingerprint density at radius 3 is 0.620 bits per heavy atom. The first kappa shape index (κ1) is 98.1. The highest BCUT2D eigenvalue weighted by Gasteiger charge is 2.30. The van der Waals surface area contributed by atoms with Crippen LogP contribution in [0.5, 0.6) is 0 Å². The largest absolute Gasteiger partial charge is 0.472 e. The van der Waals surface area contributed by atoms with Gasteiger partial charge in [0.2, 0.25) is 0 Å². The minimum atomic E-state index is -4.96. The maximum absolute atomic E-state index is 13.1. The number of aliphatic hydroxyl groups is 1. The van der Waals surface area contributed by atoms with Crippen molar-refractivity contribution < 1.29 is 80.2 Å². The van der Waals surface area contributed by atoms with Gasteiger partial charge in [0.25, 0.3) is 0 Å². The van der Waals surface area contributed by atoms with Crippen molar-refractivity contribution in [3.8, 4) is 0 Å². The zero-order valence-electron chi connectivity index (χ0n) is 65.8. The molecular weight excluding hydrogens is 1310 g/mol. The van der Waals surface area contributed by atoms with Gasteiger partial charge in [-0.05, 0) is 49.4 Å². The Bertz CT molecular complexity index is 1950. The fraction of sp³-hybridized carbons (Fsp3) is 0.951. The fourth-order valence-corrected chi connectivity index (χ4v) is 14.0. The molecule has 17 nitrogen and oxygen atoms in total. The van der Waals surface area contributed by atoms with E-state index in [1.54, 1.807) is 0 Å². The zero-order chi connectivity index (χ0) is 73.8. The molecule has 0 aromatic carbocycles. The number of carbonyl (C=O) groups is 4. The Balaban J connectivity index is 5.19. The van der Waals surface area contributed by atoms with Crippen LogP contribution in [0.4, 0.5) is 0 Å². The smallest absolute Gasteiger partial charge is 0.462 e. The second-order valence-corrected chi connectivity index (χ2v) is 34.0. The molecule has 0 aliphatic heterocycles. The van der Waals surface area contributed by atoms with Crippen LogP contribution in [-0.2, 0) is 65.4 Å². The zero-order valence-corrected chi connectivity index (χ0v) is 67.6. The molecule has 0 spiro atoms. The Hall–Kier alpha value is -1.94. The minimum Gasteiger partial charge on any atom is -0.462 e. The molecule has 0 aromatic rings. The lowest BCUT2D eigenvalue weighted by Crippen LogP contribution is -2.30. The van der Waals surface area contributed by atoms with Gasteiger partial charge in [-0.3, -0.25) is 37.3 Å². The monoisotopic (exact) mass is 1470 g/mol. The molecule has 0 saturated heterocycles. The summed E-state index contributed by atoms with van der Waals surface area (Å²) in [5.74, 6) is 0.940. The highest BCUT2D eigenvalue weighted by atomic mass is 31.2. The topological polar surface area (TPSA) is 237 Å². The minimum absolute atomic E-state index is 0.106. The number of hydrogen-bond donors (Lipinski definition) is 3. The second kappa shape index (κ2) is 70.1. The third-order valence-corrected chi connectivity index (χ3v) is 20.7. The van der Waals surface area contributed by atoms with Crippen LogP contribution >= 0.6 is 15.6 Å². The van der Waals surface area contributed by atoms with Crippen LogP contribution in [0.3, 0.4) is 0 Å². The van der Waals surface area contributed by atoms with E-state index in [1.165, 1.54) is 212 Å². The predicted molar refractivity (Wildman–Crippen MR) is 409 cm³/mol. The Morgan fingerprint density at radius 1 is 0.250 bits per heavy atom. The van der Waals surface area contributed by atoms with Gasteiger partial charge in [-0.15, -0.1) is 0 Å². The van der Waals surface area contributed by atoms with Crippen molar-refractivity contribution in [1.82, 2.24) is 0 Å².